The minimum atomic E-state index is -0.838. The Balaban J connectivity index is 2.05. The minimum Gasteiger partial charge on any atom is -0.504 e. The molecule has 0 radical (unpaired) electrons. The number of phenols is 2. The van der Waals surface area contributed by atoms with Gasteiger partial charge in [0.25, 0.3) is 5.89 Å². The average molecular weight is 304 g/mol. The highest BCUT2D eigenvalue weighted by Crippen LogP contribution is 2.39. The van der Waals surface area contributed by atoms with Gasteiger partial charge in [-0.05, 0) is 13.0 Å². The highest BCUT2D eigenvalue weighted by atomic mass is 16.6. The van der Waals surface area contributed by atoms with Gasteiger partial charge in [0.1, 0.15) is 0 Å². The van der Waals surface area contributed by atoms with Crippen LogP contribution in [0.4, 0.5) is 5.69 Å². The van der Waals surface area contributed by atoms with Crippen LogP contribution in [0.5, 0.6) is 11.5 Å². The molecule has 0 atom stereocenters. The third kappa shape index (κ3) is 2.22. The number of phenolic OH excluding ortho intramolecular Hbond substituents is 2. The number of benzene rings is 1. The summed E-state index contributed by atoms with van der Waals surface area (Å²) < 4.78 is 9.95. The molecule has 0 fully saturated rings. The van der Waals surface area contributed by atoms with Gasteiger partial charge in [-0.2, -0.15) is 4.98 Å². The lowest BCUT2D eigenvalue weighted by molar-refractivity contribution is -0.385. The molecule has 0 amide bonds. The van der Waals surface area contributed by atoms with Gasteiger partial charge in [0.05, 0.1) is 16.2 Å². The van der Waals surface area contributed by atoms with E-state index in [0.717, 1.165) is 12.1 Å². The first kappa shape index (κ1) is 13.5. The van der Waals surface area contributed by atoms with Crippen molar-refractivity contribution in [1.82, 2.24) is 15.3 Å². The van der Waals surface area contributed by atoms with Gasteiger partial charge >= 0.3 is 5.69 Å². The summed E-state index contributed by atoms with van der Waals surface area (Å²) in [6, 6.07) is 3.68. The van der Waals surface area contributed by atoms with E-state index in [0.29, 0.717) is 5.69 Å². The monoisotopic (exact) mass is 304 g/mol. The normalized spacial score (nSPS) is 10.8. The molecule has 0 saturated heterocycles. The first-order chi connectivity index (χ1) is 10.5. The van der Waals surface area contributed by atoms with Crippen molar-refractivity contribution in [1.29, 1.82) is 0 Å². The van der Waals surface area contributed by atoms with Crippen LogP contribution in [-0.2, 0) is 0 Å². The molecule has 3 rings (SSSR count). The number of nitrogens with zero attached hydrogens (tertiary/aromatic N) is 4. The smallest absolute Gasteiger partial charge is 0.315 e. The molecule has 112 valence electrons. The second-order valence-electron chi connectivity index (χ2n) is 4.38. The van der Waals surface area contributed by atoms with E-state index in [1.54, 1.807) is 13.0 Å². The Hall–Kier alpha value is -3.43. The van der Waals surface area contributed by atoms with Gasteiger partial charge in [-0.25, -0.2) is 0 Å². The molecule has 2 N–H and O–H groups in total. The number of hydrogen-bond donors (Lipinski definition) is 2. The molecular formula is C12H8N4O6. The third-order valence-electron chi connectivity index (χ3n) is 2.79. The standard InChI is InChI=1S/C12H8N4O6/c1-5-2-9(21-14-5)11-13-12(22-15-11)6-3-7(16(19)20)10(18)8(17)4-6/h2-4,17-18H,1H3. The van der Waals surface area contributed by atoms with Gasteiger partial charge in [0.15, 0.2) is 5.75 Å². The molecular weight excluding hydrogens is 296 g/mol. The maximum Gasteiger partial charge on any atom is 0.315 e. The van der Waals surface area contributed by atoms with Gasteiger partial charge in [-0.1, -0.05) is 10.3 Å². The Bertz CT molecular complexity index is 868. The lowest BCUT2D eigenvalue weighted by Gasteiger charge is -2.00. The summed E-state index contributed by atoms with van der Waals surface area (Å²) in [5, 5.41) is 37.2. The van der Waals surface area contributed by atoms with Crippen molar-refractivity contribution in [3.05, 3.63) is 34.0 Å². The third-order valence-corrected chi connectivity index (χ3v) is 2.79. The molecule has 10 nitrogen and oxygen atoms in total. The first-order valence-electron chi connectivity index (χ1n) is 5.94. The minimum absolute atomic E-state index is 0.0805. The molecule has 10 heteroatoms. The highest BCUT2D eigenvalue weighted by Gasteiger charge is 2.22. The zero-order valence-electron chi connectivity index (χ0n) is 11.0. The van der Waals surface area contributed by atoms with Crippen molar-refractivity contribution in [3.8, 4) is 34.5 Å². The molecule has 0 saturated carbocycles. The summed E-state index contributed by atoms with van der Waals surface area (Å²) in [6.45, 7) is 1.72. The number of nitro benzene ring substituents is 1. The molecule has 0 aliphatic rings. The van der Waals surface area contributed by atoms with E-state index in [1.807, 2.05) is 0 Å². The van der Waals surface area contributed by atoms with E-state index in [-0.39, 0.29) is 23.0 Å². The number of aromatic hydroxyl groups is 2. The molecule has 0 unspecified atom stereocenters. The Morgan fingerprint density at radius 1 is 1.18 bits per heavy atom. The molecule has 22 heavy (non-hydrogen) atoms. The van der Waals surface area contributed by atoms with E-state index >= 15 is 0 Å². The SMILES string of the molecule is Cc1cc(-c2noc(-c3cc(O)c(O)c([N+](=O)[O-])c3)n2)on1. The summed E-state index contributed by atoms with van der Waals surface area (Å²) in [4.78, 5) is 14.0. The number of hydrogen-bond acceptors (Lipinski definition) is 9. The lowest BCUT2D eigenvalue weighted by atomic mass is 10.1. The Morgan fingerprint density at radius 2 is 1.95 bits per heavy atom. The fourth-order valence-corrected chi connectivity index (χ4v) is 1.78. The molecule has 3 aromatic rings. The summed E-state index contributed by atoms with van der Waals surface area (Å²) in [6.07, 6.45) is 0. The zero-order chi connectivity index (χ0) is 15.9. The number of rotatable bonds is 3. The lowest BCUT2D eigenvalue weighted by Crippen LogP contribution is -1.90. The molecule has 0 spiro atoms. The molecule has 2 heterocycles. The van der Waals surface area contributed by atoms with Crippen LogP contribution in [0.15, 0.2) is 27.2 Å². The zero-order valence-corrected chi connectivity index (χ0v) is 11.0. The fourth-order valence-electron chi connectivity index (χ4n) is 1.78. The molecule has 0 aliphatic carbocycles. The molecule has 0 aliphatic heterocycles. The van der Waals surface area contributed by atoms with Gasteiger partial charge in [-0.15, -0.1) is 0 Å². The summed E-state index contributed by atoms with van der Waals surface area (Å²) >= 11 is 0. The Kier molecular flexibility index (Phi) is 2.98. The van der Waals surface area contributed by atoms with Crippen molar-refractivity contribution < 1.29 is 24.2 Å². The number of nitro groups is 1. The van der Waals surface area contributed by atoms with Gasteiger partial charge in [0.2, 0.25) is 17.3 Å². The molecule has 0 bridgehead atoms. The predicted octanol–water partition coefficient (Wildman–Crippen LogP) is 2.02. The van der Waals surface area contributed by atoms with Crippen LogP contribution in [0.25, 0.3) is 23.0 Å². The van der Waals surface area contributed by atoms with E-state index in [4.69, 9.17) is 9.05 Å². The van der Waals surface area contributed by atoms with Crippen molar-refractivity contribution in [3.63, 3.8) is 0 Å². The van der Waals surface area contributed by atoms with Crippen molar-refractivity contribution in [2.75, 3.05) is 0 Å². The van der Waals surface area contributed by atoms with Gasteiger partial charge in [0, 0.05) is 12.1 Å². The number of aromatic nitrogens is 3. The van der Waals surface area contributed by atoms with Gasteiger partial charge < -0.3 is 19.3 Å². The number of aryl methyl sites for hydroxylation is 1. The van der Waals surface area contributed by atoms with Crippen molar-refractivity contribution in [2.45, 2.75) is 6.92 Å². The van der Waals surface area contributed by atoms with Crippen LogP contribution in [0, 0.1) is 17.0 Å². The van der Waals surface area contributed by atoms with E-state index in [1.165, 1.54) is 0 Å². The van der Waals surface area contributed by atoms with E-state index in [9.17, 15) is 20.3 Å². The van der Waals surface area contributed by atoms with Crippen LogP contribution < -0.4 is 0 Å². The van der Waals surface area contributed by atoms with E-state index < -0.39 is 22.1 Å². The van der Waals surface area contributed by atoms with Crippen LogP contribution in [0.1, 0.15) is 5.69 Å². The quantitative estimate of drug-likeness (QED) is 0.421. The van der Waals surface area contributed by atoms with Crippen LogP contribution in [0.3, 0.4) is 0 Å². The maximum atomic E-state index is 10.8. The van der Waals surface area contributed by atoms with Crippen molar-refractivity contribution in [2.24, 2.45) is 0 Å². The topological polar surface area (TPSA) is 149 Å². The van der Waals surface area contributed by atoms with Crippen LogP contribution in [0.2, 0.25) is 0 Å². The van der Waals surface area contributed by atoms with E-state index in [2.05, 4.69) is 15.3 Å². The summed E-state index contributed by atoms with van der Waals surface area (Å²) in [5.41, 5.74) is 0.0292. The largest absolute Gasteiger partial charge is 0.504 e. The van der Waals surface area contributed by atoms with Crippen molar-refractivity contribution >= 4 is 5.69 Å². The second-order valence-corrected chi connectivity index (χ2v) is 4.38. The predicted molar refractivity (Wildman–Crippen MR) is 70.0 cm³/mol. The highest BCUT2D eigenvalue weighted by molar-refractivity contribution is 5.68. The summed E-state index contributed by atoms with van der Waals surface area (Å²) in [5.74, 6) is -1.21. The Labute approximate surface area is 121 Å². The fraction of sp³-hybridized carbons (Fsp3) is 0.0833. The Morgan fingerprint density at radius 3 is 2.59 bits per heavy atom. The maximum absolute atomic E-state index is 10.8. The molecule has 2 aromatic heterocycles. The first-order valence-corrected chi connectivity index (χ1v) is 5.94. The molecule has 1 aromatic carbocycles. The average Bonchev–Trinajstić information content (AvgIpc) is 3.10. The van der Waals surface area contributed by atoms with Gasteiger partial charge in [-0.3, -0.25) is 10.1 Å². The summed E-state index contributed by atoms with van der Waals surface area (Å²) in [7, 11) is 0. The van der Waals surface area contributed by atoms with Crippen LogP contribution in [-0.4, -0.2) is 30.4 Å². The van der Waals surface area contributed by atoms with Crippen LogP contribution >= 0.6 is 0 Å². The second kappa shape index (κ2) is 4.84.